The van der Waals surface area contributed by atoms with Gasteiger partial charge in [-0.25, -0.2) is 8.78 Å². The van der Waals surface area contributed by atoms with Gasteiger partial charge in [0, 0.05) is 16.3 Å². The molecule has 1 heterocycles. The molecule has 1 atom stereocenters. The first-order valence-corrected chi connectivity index (χ1v) is 8.78. The van der Waals surface area contributed by atoms with Gasteiger partial charge >= 0.3 is 0 Å². The molecule has 0 aliphatic heterocycles. The highest BCUT2D eigenvalue weighted by molar-refractivity contribution is 6.06. The van der Waals surface area contributed by atoms with Gasteiger partial charge < -0.3 is 4.42 Å². The Morgan fingerprint density at radius 3 is 2.40 bits per heavy atom. The zero-order valence-electron chi connectivity index (χ0n) is 14.0. The van der Waals surface area contributed by atoms with E-state index in [1.54, 1.807) is 12.1 Å². The molecule has 0 fully saturated rings. The molecule has 0 N–H and O–H groups in total. The van der Waals surface area contributed by atoms with E-state index in [9.17, 15) is 8.78 Å². The van der Waals surface area contributed by atoms with Gasteiger partial charge in [0.15, 0.2) is 22.8 Å². The van der Waals surface area contributed by atoms with E-state index in [1.165, 1.54) is 12.5 Å². The van der Waals surface area contributed by atoms with Crippen LogP contribution in [0, 0.1) is 23.4 Å². The molecule has 1 nitrogen and oxygen atoms in total. The lowest BCUT2D eigenvalue weighted by Gasteiger charge is -2.21. The third kappa shape index (κ3) is 2.64. The highest BCUT2D eigenvalue weighted by Crippen LogP contribution is 2.38. The lowest BCUT2D eigenvalue weighted by molar-refractivity contribution is 0.444. The van der Waals surface area contributed by atoms with E-state index >= 15 is 4.39 Å². The van der Waals surface area contributed by atoms with Crippen molar-refractivity contribution in [3.8, 4) is 0 Å². The first-order chi connectivity index (χ1) is 12.1. The normalized spacial score (nSPS) is 18.1. The Kier molecular flexibility index (Phi) is 4.06. The first kappa shape index (κ1) is 16.2. The second-order valence-corrected chi connectivity index (χ2v) is 6.80. The summed E-state index contributed by atoms with van der Waals surface area (Å²) in [6, 6.07) is 5.92. The second kappa shape index (κ2) is 6.25. The van der Waals surface area contributed by atoms with Crippen molar-refractivity contribution in [2.75, 3.05) is 0 Å². The van der Waals surface area contributed by atoms with Crippen LogP contribution >= 0.6 is 0 Å². The van der Waals surface area contributed by atoms with Crippen molar-refractivity contribution in [1.29, 1.82) is 0 Å². The number of rotatable bonds is 3. The summed E-state index contributed by atoms with van der Waals surface area (Å²) in [5.74, 6) is -1.89. The van der Waals surface area contributed by atoms with Gasteiger partial charge in [-0.15, -0.1) is 0 Å². The largest absolute Gasteiger partial charge is 0.450 e. The van der Waals surface area contributed by atoms with Gasteiger partial charge in [0.1, 0.15) is 0 Å². The third-order valence-electron chi connectivity index (χ3n) is 5.20. The summed E-state index contributed by atoms with van der Waals surface area (Å²) >= 11 is 0. The Morgan fingerprint density at radius 2 is 1.72 bits per heavy atom. The molecule has 3 aromatic rings. The topological polar surface area (TPSA) is 13.1 Å². The van der Waals surface area contributed by atoms with Gasteiger partial charge in [-0.2, -0.15) is 4.39 Å². The zero-order chi connectivity index (χ0) is 17.6. The van der Waals surface area contributed by atoms with Crippen molar-refractivity contribution < 1.29 is 17.6 Å². The van der Waals surface area contributed by atoms with Crippen LogP contribution in [0.25, 0.3) is 27.5 Å². The number of fused-ring (bicyclic) bond motifs is 3. The molecule has 0 radical (unpaired) electrons. The molecular weight excluding hydrogens is 325 g/mol. The Morgan fingerprint density at radius 1 is 1.00 bits per heavy atom. The average molecular weight is 344 g/mol. The van der Waals surface area contributed by atoms with Crippen molar-refractivity contribution in [1.82, 2.24) is 0 Å². The molecule has 1 aliphatic rings. The van der Waals surface area contributed by atoms with Crippen LogP contribution < -0.4 is 0 Å². The fraction of sp³-hybridized carbons (Fsp3) is 0.333. The number of benzene rings is 2. The molecule has 1 unspecified atom stereocenters. The molecule has 0 bridgehead atoms. The molecule has 1 aliphatic carbocycles. The molecule has 4 heteroatoms. The van der Waals surface area contributed by atoms with E-state index in [-0.39, 0.29) is 11.2 Å². The van der Waals surface area contributed by atoms with E-state index in [4.69, 9.17) is 4.42 Å². The SMILES string of the molecule is CCCC1CC=C(c2ccc3c(oc4c(F)c(F)ccc43)c2F)CC1. The Hall–Kier alpha value is -2.23. The quantitative estimate of drug-likeness (QED) is 0.499. The zero-order valence-corrected chi connectivity index (χ0v) is 14.0. The summed E-state index contributed by atoms with van der Waals surface area (Å²) in [7, 11) is 0. The van der Waals surface area contributed by atoms with Gasteiger partial charge in [-0.05, 0) is 49.0 Å². The maximum Gasteiger partial charge on any atom is 0.201 e. The molecule has 2 aromatic carbocycles. The lowest BCUT2D eigenvalue weighted by atomic mass is 9.84. The second-order valence-electron chi connectivity index (χ2n) is 6.80. The molecule has 4 rings (SSSR count). The minimum Gasteiger partial charge on any atom is -0.450 e. The van der Waals surface area contributed by atoms with Crippen LogP contribution in [0.2, 0.25) is 0 Å². The summed E-state index contributed by atoms with van der Waals surface area (Å²) in [5.41, 5.74) is 1.24. The maximum atomic E-state index is 15.0. The Bertz CT molecular complexity index is 984. The Balaban J connectivity index is 1.81. The fourth-order valence-electron chi connectivity index (χ4n) is 3.87. The standard InChI is InChI=1S/C21H19F3O/c1-2-3-12-4-6-13(7-5-12)14-8-9-15-16-10-11-17(22)19(24)21(16)25-20(15)18(14)23/h6,8-12H,2-5,7H2,1H3. The van der Waals surface area contributed by atoms with Crippen molar-refractivity contribution >= 4 is 27.5 Å². The summed E-state index contributed by atoms with van der Waals surface area (Å²) in [5, 5.41) is 0.857. The predicted octanol–water partition coefficient (Wildman–Crippen LogP) is 6.99. The number of hydrogen-bond acceptors (Lipinski definition) is 1. The van der Waals surface area contributed by atoms with E-state index in [0.717, 1.165) is 37.3 Å². The van der Waals surface area contributed by atoms with E-state index in [0.29, 0.717) is 22.3 Å². The monoisotopic (exact) mass is 344 g/mol. The van der Waals surface area contributed by atoms with Crippen molar-refractivity contribution in [3.05, 3.63) is 53.4 Å². The summed E-state index contributed by atoms with van der Waals surface area (Å²) in [4.78, 5) is 0. The number of furan rings is 1. The van der Waals surface area contributed by atoms with E-state index in [2.05, 4.69) is 13.0 Å². The van der Waals surface area contributed by atoms with Gasteiger partial charge in [0.05, 0.1) is 0 Å². The average Bonchev–Trinajstić information content (AvgIpc) is 3.00. The van der Waals surface area contributed by atoms with Crippen LogP contribution in [0.4, 0.5) is 13.2 Å². The van der Waals surface area contributed by atoms with Gasteiger partial charge in [0.2, 0.25) is 5.82 Å². The number of allylic oxidation sites excluding steroid dienone is 2. The molecule has 25 heavy (non-hydrogen) atoms. The molecular formula is C21H19F3O. The van der Waals surface area contributed by atoms with Crippen LogP contribution in [0.1, 0.15) is 44.6 Å². The van der Waals surface area contributed by atoms with Gasteiger partial charge in [-0.1, -0.05) is 31.9 Å². The van der Waals surface area contributed by atoms with Crippen LogP contribution in [0.5, 0.6) is 0 Å². The molecule has 0 saturated carbocycles. The summed E-state index contributed by atoms with van der Waals surface area (Å²) in [6.45, 7) is 2.18. The minimum absolute atomic E-state index is 0.00594. The highest BCUT2D eigenvalue weighted by atomic mass is 19.2. The molecule has 0 spiro atoms. The van der Waals surface area contributed by atoms with E-state index in [1.807, 2.05) is 0 Å². The summed E-state index contributed by atoms with van der Waals surface area (Å²) < 4.78 is 47.7. The third-order valence-corrected chi connectivity index (χ3v) is 5.20. The first-order valence-electron chi connectivity index (χ1n) is 8.78. The maximum absolute atomic E-state index is 15.0. The summed E-state index contributed by atoms with van der Waals surface area (Å²) in [6.07, 6.45) is 7.31. The van der Waals surface area contributed by atoms with Crippen molar-refractivity contribution in [3.63, 3.8) is 0 Å². The van der Waals surface area contributed by atoms with E-state index < -0.39 is 17.5 Å². The fourth-order valence-corrected chi connectivity index (χ4v) is 3.87. The minimum atomic E-state index is -1.08. The predicted molar refractivity (Wildman–Crippen MR) is 93.8 cm³/mol. The van der Waals surface area contributed by atoms with Crippen LogP contribution in [-0.2, 0) is 0 Å². The number of hydrogen-bond donors (Lipinski definition) is 0. The number of halogens is 3. The highest BCUT2D eigenvalue weighted by Gasteiger charge is 2.22. The van der Waals surface area contributed by atoms with Crippen LogP contribution in [0.3, 0.4) is 0 Å². The molecule has 130 valence electrons. The van der Waals surface area contributed by atoms with Crippen molar-refractivity contribution in [2.45, 2.75) is 39.0 Å². The van der Waals surface area contributed by atoms with Crippen molar-refractivity contribution in [2.24, 2.45) is 5.92 Å². The van der Waals surface area contributed by atoms with Crippen LogP contribution in [0.15, 0.2) is 34.8 Å². The molecule has 0 saturated heterocycles. The van der Waals surface area contributed by atoms with Gasteiger partial charge in [-0.3, -0.25) is 0 Å². The van der Waals surface area contributed by atoms with Crippen LogP contribution in [-0.4, -0.2) is 0 Å². The Labute approximate surface area is 144 Å². The molecule has 1 aromatic heterocycles. The van der Waals surface area contributed by atoms with Gasteiger partial charge in [0.25, 0.3) is 0 Å². The molecule has 0 amide bonds. The smallest absolute Gasteiger partial charge is 0.201 e. The lowest BCUT2D eigenvalue weighted by Crippen LogP contribution is -2.05.